The summed E-state index contributed by atoms with van der Waals surface area (Å²) in [6, 6.07) is 16.8. The van der Waals surface area contributed by atoms with Crippen molar-refractivity contribution in [1.29, 1.82) is 0 Å². The molecule has 0 atom stereocenters. The Kier molecular flexibility index (Phi) is 5.89. The first-order chi connectivity index (χ1) is 10.6. The number of hydrogen-bond donors (Lipinski definition) is 2. The van der Waals surface area contributed by atoms with Gasteiger partial charge in [-0.05, 0) is 36.2 Å². The third-order valence-corrected chi connectivity index (χ3v) is 4.14. The molecule has 0 saturated heterocycles. The van der Waals surface area contributed by atoms with E-state index in [1.807, 2.05) is 18.2 Å². The van der Waals surface area contributed by atoms with Gasteiger partial charge in [0.15, 0.2) is 0 Å². The van der Waals surface area contributed by atoms with Crippen molar-refractivity contribution in [2.45, 2.75) is 11.3 Å². The zero-order valence-corrected chi connectivity index (χ0v) is 13.1. The molecule has 2 aromatic carbocycles. The van der Waals surface area contributed by atoms with Crippen molar-refractivity contribution >= 4 is 16.1 Å². The second-order valence-electron chi connectivity index (χ2n) is 4.96. The second-order valence-corrected chi connectivity index (χ2v) is 6.52. The van der Waals surface area contributed by atoms with E-state index in [0.717, 1.165) is 25.1 Å². The zero-order valence-electron chi connectivity index (χ0n) is 12.3. The molecule has 0 radical (unpaired) electrons. The van der Waals surface area contributed by atoms with Gasteiger partial charge < -0.3 is 5.32 Å². The van der Waals surface area contributed by atoms with Gasteiger partial charge in [-0.15, -0.1) is 0 Å². The summed E-state index contributed by atoms with van der Waals surface area (Å²) in [5.74, 6) is 0. The SMILES string of the molecule is NS(=O)(=O)c1ccc(CCNCC=Cc2ccccc2)cc1. The van der Waals surface area contributed by atoms with Crippen LogP contribution in [0.3, 0.4) is 0 Å². The lowest BCUT2D eigenvalue weighted by Gasteiger charge is -2.04. The molecule has 0 amide bonds. The molecule has 4 nitrogen and oxygen atoms in total. The van der Waals surface area contributed by atoms with Crippen molar-refractivity contribution in [3.05, 3.63) is 71.8 Å². The maximum Gasteiger partial charge on any atom is 0.238 e. The molecule has 3 N–H and O–H groups in total. The molecule has 0 fully saturated rings. The lowest BCUT2D eigenvalue weighted by Crippen LogP contribution is -2.17. The quantitative estimate of drug-likeness (QED) is 0.769. The Bertz CT molecular complexity index is 708. The summed E-state index contributed by atoms with van der Waals surface area (Å²) in [4.78, 5) is 0.148. The summed E-state index contributed by atoms with van der Waals surface area (Å²) < 4.78 is 22.3. The summed E-state index contributed by atoms with van der Waals surface area (Å²) in [5, 5.41) is 8.38. The third kappa shape index (κ3) is 5.44. The highest BCUT2D eigenvalue weighted by atomic mass is 32.2. The van der Waals surface area contributed by atoms with Gasteiger partial charge in [-0.25, -0.2) is 13.6 Å². The van der Waals surface area contributed by atoms with Gasteiger partial charge in [0, 0.05) is 6.54 Å². The van der Waals surface area contributed by atoms with Crippen molar-refractivity contribution < 1.29 is 8.42 Å². The van der Waals surface area contributed by atoms with Crippen molar-refractivity contribution in [3.63, 3.8) is 0 Å². The molecule has 0 spiro atoms. The van der Waals surface area contributed by atoms with Crippen LogP contribution in [0.1, 0.15) is 11.1 Å². The standard InChI is InChI=1S/C17H20N2O2S/c18-22(20,21)17-10-8-16(9-11-17)12-14-19-13-4-7-15-5-2-1-3-6-15/h1-11,19H,12-14H2,(H2,18,20,21). The van der Waals surface area contributed by atoms with Gasteiger partial charge in [0.05, 0.1) is 4.90 Å². The van der Waals surface area contributed by atoms with Crippen LogP contribution in [0.2, 0.25) is 0 Å². The molecular weight excluding hydrogens is 296 g/mol. The van der Waals surface area contributed by atoms with Gasteiger partial charge >= 0.3 is 0 Å². The minimum Gasteiger partial charge on any atom is -0.313 e. The van der Waals surface area contributed by atoms with Gasteiger partial charge in [0.2, 0.25) is 10.0 Å². The van der Waals surface area contributed by atoms with Crippen LogP contribution in [0.25, 0.3) is 6.08 Å². The van der Waals surface area contributed by atoms with Crippen LogP contribution in [0.15, 0.2) is 65.6 Å². The smallest absolute Gasteiger partial charge is 0.238 e. The molecular formula is C17H20N2O2S. The van der Waals surface area contributed by atoms with E-state index in [0.29, 0.717) is 0 Å². The Hall–Kier alpha value is -1.95. The Labute approximate surface area is 131 Å². The first kappa shape index (κ1) is 16.4. The van der Waals surface area contributed by atoms with E-state index >= 15 is 0 Å². The number of benzene rings is 2. The molecule has 0 aliphatic carbocycles. The molecule has 0 aliphatic rings. The van der Waals surface area contributed by atoms with E-state index in [2.05, 4.69) is 29.6 Å². The highest BCUT2D eigenvalue weighted by molar-refractivity contribution is 7.89. The number of sulfonamides is 1. The van der Waals surface area contributed by atoms with Gasteiger partial charge in [0.25, 0.3) is 0 Å². The van der Waals surface area contributed by atoms with Crippen LogP contribution in [-0.2, 0) is 16.4 Å². The lowest BCUT2D eigenvalue weighted by atomic mass is 10.1. The van der Waals surface area contributed by atoms with Crippen molar-refractivity contribution in [3.8, 4) is 0 Å². The van der Waals surface area contributed by atoms with Crippen LogP contribution in [0, 0.1) is 0 Å². The fourth-order valence-corrected chi connectivity index (χ4v) is 2.54. The molecule has 22 heavy (non-hydrogen) atoms. The summed E-state index contributed by atoms with van der Waals surface area (Å²) in [5.41, 5.74) is 2.26. The zero-order chi connectivity index (χ0) is 15.8. The summed E-state index contributed by atoms with van der Waals surface area (Å²) >= 11 is 0. The molecule has 0 aromatic heterocycles. The monoisotopic (exact) mass is 316 g/mol. The number of hydrogen-bond acceptors (Lipinski definition) is 3. The maximum absolute atomic E-state index is 11.2. The van der Waals surface area contributed by atoms with Gasteiger partial charge in [-0.1, -0.05) is 54.6 Å². The summed E-state index contributed by atoms with van der Waals surface area (Å²) in [6.07, 6.45) is 5.00. The Morgan fingerprint density at radius 1 is 1.00 bits per heavy atom. The topological polar surface area (TPSA) is 72.2 Å². The fourth-order valence-electron chi connectivity index (χ4n) is 2.02. The van der Waals surface area contributed by atoms with Crippen molar-refractivity contribution in [2.24, 2.45) is 5.14 Å². The van der Waals surface area contributed by atoms with E-state index in [1.165, 1.54) is 5.56 Å². The van der Waals surface area contributed by atoms with Crippen LogP contribution in [-0.4, -0.2) is 21.5 Å². The van der Waals surface area contributed by atoms with E-state index in [9.17, 15) is 8.42 Å². The minimum atomic E-state index is -3.60. The predicted molar refractivity (Wildman–Crippen MR) is 89.9 cm³/mol. The first-order valence-electron chi connectivity index (χ1n) is 7.10. The predicted octanol–water partition coefficient (Wildman–Crippen LogP) is 2.18. The van der Waals surface area contributed by atoms with Crippen molar-refractivity contribution in [2.75, 3.05) is 13.1 Å². The summed E-state index contributed by atoms with van der Waals surface area (Å²) in [7, 11) is -3.60. The fraction of sp³-hybridized carbons (Fsp3) is 0.176. The van der Waals surface area contributed by atoms with E-state index in [-0.39, 0.29) is 4.90 Å². The van der Waals surface area contributed by atoms with Gasteiger partial charge in [-0.2, -0.15) is 0 Å². The number of nitrogens with two attached hydrogens (primary N) is 1. The summed E-state index contributed by atoms with van der Waals surface area (Å²) in [6.45, 7) is 1.62. The molecule has 0 unspecified atom stereocenters. The number of primary sulfonamides is 1. The molecule has 5 heteroatoms. The van der Waals surface area contributed by atoms with E-state index in [1.54, 1.807) is 24.3 Å². The van der Waals surface area contributed by atoms with E-state index in [4.69, 9.17) is 5.14 Å². The largest absolute Gasteiger partial charge is 0.313 e. The Balaban J connectivity index is 1.72. The second kappa shape index (κ2) is 7.89. The van der Waals surface area contributed by atoms with Crippen LogP contribution in [0.4, 0.5) is 0 Å². The average Bonchev–Trinajstić information content (AvgIpc) is 2.51. The lowest BCUT2D eigenvalue weighted by molar-refractivity contribution is 0.597. The first-order valence-corrected chi connectivity index (χ1v) is 8.64. The molecule has 0 bridgehead atoms. The molecule has 0 heterocycles. The molecule has 0 aliphatic heterocycles. The molecule has 0 saturated carbocycles. The average molecular weight is 316 g/mol. The molecule has 116 valence electrons. The number of nitrogens with one attached hydrogen (secondary N) is 1. The highest BCUT2D eigenvalue weighted by Crippen LogP contribution is 2.08. The highest BCUT2D eigenvalue weighted by Gasteiger charge is 2.06. The van der Waals surface area contributed by atoms with Crippen molar-refractivity contribution in [1.82, 2.24) is 5.32 Å². The maximum atomic E-state index is 11.2. The normalized spacial score (nSPS) is 11.9. The third-order valence-electron chi connectivity index (χ3n) is 3.21. The molecule has 2 aromatic rings. The van der Waals surface area contributed by atoms with Gasteiger partial charge in [0.1, 0.15) is 0 Å². The Morgan fingerprint density at radius 2 is 1.68 bits per heavy atom. The van der Waals surface area contributed by atoms with Crippen LogP contribution >= 0.6 is 0 Å². The Morgan fingerprint density at radius 3 is 2.32 bits per heavy atom. The van der Waals surface area contributed by atoms with Gasteiger partial charge in [-0.3, -0.25) is 0 Å². The van der Waals surface area contributed by atoms with E-state index < -0.39 is 10.0 Å². The minimum absolute atomic E-state index is 0.148. The number of rotatable bonds is 7. The van der Waals surface area contributed by atoms with Crippen LogP contribution < -0.4 is 10.5 Å². The van der Waals surface area contributed by atoms with Crippen LogP contribution in [0.5, 0.6) is 0 Å². The molecule has 2 rings (SSSR count).